The lowest BCUT2D eigenvalue weighted by atomic mass is 9.97. The van der Waals surface area contributed by atoms with E-state index in [-0.39, 0.29) is 17.7 Å². The van der Waals surface area contributed by atoms with Gasteiger partial charge < -0.3 is 15.5 Å². The van der Waals surface area contributed by atoms with Crippen LogP contribution in [0, 0.1) is 11.8 Å². The number of benzene rings is 2. The minimum Gasteiger partial charge on any atom is -0.371 e. The summed E-state index contributed by atoms with van der Waals surface area (Å²) in [6.07, 6.45) is 5.28. The lowest BCUT2D eigenvalue weighted by Gasteiger charge is -2.33. The predicted octanol–water partition coefficient (Wildman–Crippen LogP) is 4.56. The van der Waals surface area contributed by atoms with E-state index in [4.69, 9.17) is 0 Å². The molecule has 0 unspecified atom stereocenters. The lowest BCUT2D eigenvalue weighted by molar-refractivity contribution is -0.117. The third-order valence-corrected chi connectivity index (χ3v) is 6.90. The van der Waals surface area contributed by atoms with Crippen LogP contribution in [0.25, 0.3) is 0 Å². The summed E-state index contributed by atoms with van der Waals surface area (Å²) in [7, 11) is 0. The van der Waals surface area contributed by atoms with Crippen LogP contribution >= 0.6 is 0 Å². The maximum atomic E-state index is 13.0. The van der Waals surface area contributed by atoms with Crippen LogP contribution in [0.2, 0.25) is 0 Å². The predicted molar refractivity (Wildman–Crippen MR) is 123 cm³/mol. The monoisotopic (exact) mass is 417 g/mol. The van der Waals surface area contributed by atoms with Gasteiger partial charge in [0.1, 0.15) is 0 Å². The Morgan fingerprint density at radius 1 is 0.968 bits per heavy atom. The fourth-order valence-corrected chi connectivity index (χ4v) is 4.60. The number of hydrogen-bond donors (Lipinski definition) is 2. The standard InChI is InChI=1S/C26H31N3O2/c1-17-11-13-29(14-12-17)24-10-9-20(15-23(24)26(31)27-19-7-8-19)28-25(30)22-16-21(22)18-5-3-2-4-6-18/h2-6,9-10,15,17,19,21-22H,7-8,11-14,16H2,1H3,(H,27,31)(H,28,30)/t21-,22-/m0/s1. The van der Waals surface area contributed by atoms with E-state index in [9.17, 15) is 9.59 Å². The van der Waals surface area contributed by atoms with Crippen molar-refractivity contribution in [1.82, 2.24) is 5.32 Å². The highest BCUT2D eigenvalue weighted by Gasteiger charge is 2.43. The maximum Gasteiger partial charge on any atom is 0.253 e. The van der Waals surface area contributed by atoms with Gasteiger partial charge in [0.2, 0.25) is 5.91 Å². The molecule has 2 amide bonds. The van der Waals surface area contributed by atoms with Crippen molar-refractivity contribution in [1.29, 1.82) is 0 Å². The summed E-state index contributed by atoms with van der Waals surface area (Å²) < 4.78 is 0. The summed E-state index contributed by atoms with van der Waals surface area (Å²) in [5.41, 5.74) is 3.59. The van der Waals surface area contributed by atoms with Crippen molar-refractivity contribution < 1.29 is 9.59 Å². The second kappa shape index (κ2) is 8.37. The van der Waals surface area contributed by atoms with Crippen LogP contribution in [0.3, 0.4) is 0 Å². The minimum atomic E-state index is -0.0270. The number of anilines is 2. The largest absolute Gasteiger partial charge is 0.371 e. The van der Waals surface area contributed by atoms with Gasteiger partial charge >= 0.3 is 0 Å². The third-order valence-electron chi connectivity index (χ3n) is 6.90. The smallest absolute Gasteiger partial charge is 0.253 e. The molecule has 3 aliphatic rings. The molecule has 2 atom stereocenters. The average Bonchev–Trinajstić information content (AvgIpc) is 3.70. The summed E-state index contributed by atoms with van der Waals surface area (Å²) in [5, 5.41) is 6.19. The van der Waals surface area contributed by atoms with Crippen LogP contribution in [-0.2, 0) is 4.79 Å². The van der Waals surface area contributed by atoms with Gasteiger partial charge in [0, 0.05) is 36.4 Å². The van der Waals surface area contributed by atoms with Gasteiger partial charge in [0.05, 0.1) is 5.56 Å². The number of nitrogens with one attached hydrogen (secondary N) is 2. The number of amides is 2. The van der Waals surface area contributed by atoms with Crippen molar-refractivity contribution in [3.8, 4) is 0 Å². The first-order valence-corrected chi connectivity index (χ1v) is 11.6. The molecule has 1 saturated heterocycles. The second-order valence-electron chi connectivity index (χ2n) is 9.50. The van der Waals surface area contributed by atoms with Gasteiger partial charge in [-0.15, -0.1) is 0 Å². The zero-order valence-electron chi connectivity index (χ0n) is 18.1. The van der Waals surface area contributed by atoms with Gasteiger partial charge in [-0.25, -0.2) is 0 Å². The zero-order chi connectivity index (χ0) is 21.4. The molecule has 2 saturated carbocycles. The summed E-state index contributed by atoms with van der Waals surface area (Å²) in [6.45, 7) is 4.23. The maximum absolute atomic E-state index is 13.0. The molecule has 5 nitrogen and oxygen atoms in total. The van der Waals surface area contributed by atoms with Crippen LogP contribution < -0.4 is 15.5 Å². The molecule has 2 aliphatic carbocycles. The fraction of sp³-hybridized carbons (Fsp3) is 0.462. The first kappa shape index (κ1) is 20.1. The zero-order valence-corrected chi connectivity index (χ0v) is 18.1. The Kier molecular flexibility index (Phi) is 5.43. The third kappa shape index (κ3) is 4.60. The fourth-order valence-electron chi connectivity index (χ4n) is 4.60. The topological polar surface area (TPSA) is 61.4 Å². The molecule has 31 heavy (non-hydrogen) atoms. The van der Waals surface area contributed by atoms with E-state index in [2.05, 4.69) is 34.6 Å². The van der Waals surface area contributed by atoms with Crippen LogP contribution in [0.15, 0.2) is 48.5 Å². The molecule has 1 aliphatic heterocycles. The average molecular weight is 418 g/mol. The molecule has 3 fully saturated rings. The molecule has 2 N–H and O–H groups in total. The number of piperidine rings is 1. The Morgan fingerprint density at radius 2 is 1.71 bits per heavy atom. The van der Waals surface area contributed by atoms with Crippen molar-refractivity contribution in [2.45, 2.75) is 51.0 Å². The molecule has 5 heteroatoms. The Balaban J connectivity index is 1.32. The Labute approximate surface area is 184 Å². The van der Waals surface area contributed by atoms with E-state index in [1.165, 1.54) is 5.56 Å². The molecule has 2 aromatic carbocycles. The molecule has 2 aromatic rings. The van der Waals surface area contributed by atoms with Gasteiger partial charge in [-0.3, -0.25) is 9.59 Å². The number of carbonyl (C=O) groups is 2. The summed E-state index contributed by atoms with van der Waals surface area (Å²) in [6, 6.07) is 16.3. The lowest BCUT2D eigenvalue weighted by Crippen LogP contribution is -2.35. The van der Waals surface area contributed by atoms with E-state index >= 15 is 0 Å². The van der Waals surface area contributed by atoms with Crippen molar-refractivity contribution >= 4 is 23.2 Å². The van der Waals surface area contributed by atoms with Gasteiger partial charge in [-0.2, -0.15) is 0 Å². The second-order valence-corrected chi connectivity index (χ2v) is 9.50. The summed E-state index contributed by atoms with van der Waals surface area (Å²) in [5.74, 6) is 1.06. The molecule has 0 radical (unpaired) electrons. The highest BCUT2D eigenvalue weighted by Crippen LogP contribution is 2.48. The van der Waals surface area contributed by atoms with Crippen LogP contribution in [-0.4, -0.2) is 30.9 Å². The van der Waals surface area contributed by atoms with Crippen LogP contribution in [0.4, 0.5) is 11.4 Å². The normalized spacial score (nSPS) is 23.3. The number of rotatable bonds is 6. The molecular formula is C26H31N3O2. The van der Waals surface area contributed by atoms with Crippen molar-refractivity contribution in [2.75, 3.05) is 23.3 Å². The van der Waals surface area contributed by atoms with Gasteiger partial charge in [-0.1, -0.05) is 37.3 Å². The van der Waals surface area contributed by atoms with E-state index in [1.54, 1.807) is 0 Å². The minimum absolute atomic E-state index is 0.00870. The van der Waals surface area contributed by atoms with Gasteiger partial charge in [0.25, 0.3) is 5.91 Å². The van der Waals surface area contributed by atoms with Gasteiger partial charge in [-0.05, 0) is 67.7 Å². The van der Waals surface area contributed by atoms with E-state index in [1.807, 2.05) is 36.4 Å². The highest BCUT2D eigenvalue weighted by atomic mass is 16.2. The number of carbonyl (C=O) groups excluding carboxylic acids is 2. The van der Waals surface area contributed by atoms with E-state index in [0.717, 1.165) is 56.8 Å². The Hall–Kier alpha value is -2.82. The van der Waals surface area contributed by atoms with Crippen LogP contribution in [0.1, 0.15) is 60.9 Å². The van der Waals surface area contributed by atoms with Crippen LogP contribution in [0.5, 0.6) is 0 Å². The Morgan fingerprint density at radius 3 is 2.42 bits per heavy atom. The van der Waals surface area contributed by atoms with E-state index < -0.39 is 0 Å². The molecule has 0 spiro atoms. The first-order chi connectivity index (χ1) is 15.1. The molecule has 5 rings (SSSR count). The summed E-state index contributed by atoms with van der Waals surface area (Å²) >= 11 is 0. The molecule has 0 bridgehead atoms. The quantitative estimate of drug-likeness (QED) is 0.724. The molecule has 1 heterocycles. The van der Waals surface area contributed by atoms with Crippen molar-refractivity contribution in [3.63, 3.8) is 0 Å². The Bertz CT molecular complexity index is 962. The highest BCUT2D eigenvalue weighted by molar-refractivity contribution is 6.03. The number of hydrogen-bond acceptors (Lipinski definition) is 3. The molecule has 162 valence electrons. The van der Waals surface area contributed by atoms with E-state index in [0.29, 0.717) is 23.2 Å². The number of nitrogens with zero attached hydrogens (tertiary/aromatic N) is 1. The summed E-state index contributed by atoms with van der Waals surface area (Å²) in [4.78, 5) is 28.1. The first-order valence-electron chi connectivity index (χ1n) is 11.6. The SMILES string of the molecule is CC1CCN(c2ccc(NC(=O)[C@H]3C[C@H]3c3ccccc3)cc2C(=O)NC2CC2)CC1. The molecule has 0 aromatic heterocycles. The van der Waals surface area contributed by atoms with Crippen molar-refractivity contribution in [2.24, 2.45) is 11.8 Å². The van der Waals surface area contributed by atoms with Crippen molar-refractivity contribution in [3.05, 3.63) is 59.7 Å². The van der Waals surface area contributed by atoms with Gasteiger partial charge in [0.15, 0.2) is 0 Å². The molecular weight excluding hydrogens is 386 g/mol.